The maximum Gasteiger partial charge on any atom is 0.244 e. The van der Waals surface area contributed by atoms with Crippen molar-refractivity contribution in [1.82, 2.24) is 5.32 Å². The van der Waals surface area contributed by atoms with Crippen molar-refractivity contribution in [2.45, 2.75) is 84.2 Å². The van der Waals surface area contributed by atoms with Crippen LogP contribution in [0.2, 0.25) is 0 Å². The van der Waals surface area contributed by atoms with E-state index in [-0.39, 0.29) is 31.1 Å². The predicted octanol–water partition coefficient (Wildman–Crippen LogP) is 5.30. The van der Waals surface area contributed by atoms with Gasteiger partial charge in [0.05, 0.1) is 17.1 Å². The normalized spacial score (nSPS) is 21.3. The van der Waals surface area contributed by atoms with Crippen LogP contribution in [0.15, 0.2) is 60.4 Å². The number of nitro groups is 2. The van der Waals surface area contributed by atoms with E-state index in [9.17, 15) is 25.3 Å². The van der Waals surface area contributed by atoms with E-state index in [1.807, 2.05) is 6.08 Å². The largest absolute Gasteiger partial charge is 0.356 e. The fraction of sp³-hybridized carbons (Fsp3) is 0.615. The highest BCUT2D eigenvalue weighted by Gasteiger charge is 2.28. The number of ether oxygens (including phenoxy) is 1. The van der Waals surface area contributed by atoms with Crippen LogP contribution in [0.1, 0.15) is 65.7 Å². The van der Waals surface area contributed by atoms with E-state index < -0.39 is 22.3 Å². The lowest BCUT2D eigenvalue weighted by atomic mass is 9.85. The quantitative estimate of drug-likeness (QED) is 0.122. The number of nitrogens with zero attached hydrogens (tertiary/aromatic N) is 2. The summed E-state index contributed by atoms with van der Waals surface area (Å²) >= 11 is 0. The molecule has 0 aromatic carbocycles. The van der Waals surface area contributed by atoms with E-state index in [0.717, 1.165) is 32.1 Å². The second-order valence-corrected chi connectivity index (χ2v) is 9.37. The first-order valence-electron chi connectivity index (χ1n) is 12.2. The topological polar surface area (TPSA) is 128 Å². The minimum Gasteiger partial charge on any atom is -0.356 e. The number of aliphatic hydroxyl groups excluding tert-OH is 1. The highest BCUT2D eigenvalue weighted by Crippen LogP contribution is 2.27. The number of hydrogen-bond acceptors (Lipinski definition) is 7. The lowest BCUT2D eigenvalue weighted by Gasteiger charge is -2.29. The lowest BCUT2D eigenvalue weighted by Crippen LogP contribution is -2.41. The molecular formula is C26H41N3O6. The molecule has 0 amide bonds. The third kappa shape index (κ3) is 12.6. The van der Waals surface area contributed by atoms with Crippen LogP contribution in [0.25, 0.3) is 0 Å². The Labute approximate surface area is 208 Å². The SMILES string of the molecule is C=CCC(C)/C=C/CCC1=CC(NC(O)OCC(=C)CC(/C(=C/[N+](=O)[O-])CC)[N+](=O)[O-])CC(C)C1. The molecule has 0 radical (unpaired) electrons. The van der Waals surface area contributed by atoms with Gasteiger partial charge in [0.25, 0.3) is 0 Å². The van der Waals surface area contributed by atoms with Crippen LogP contribution < -0.4 is 5.32 Å². The van der Waals surface area contributed by atoms with Crippen molar-refractivity contribution in [3.63, 3.8) is 0 Å². The van der Waals surface area contributed by atoms with Crippen molar-refractivity contribution >= 4 is 0 Å². The molecule has 0 saturated carbocycles. The molecule has 0 saturated heterocycles. The molecule has 9 heteroatoms. The van der Waals surface area contributed by atoms with Crippen LogP contribution in [-0.2, 0) is 4.74 Å². The fourth-order valence-electron chi connectivity index (χ4n) is 4.28. The van der Waals surface area contributed by atoms with Crippen LogP contribution in [0.4, 0.5) is 0 Å². The zero-order valence-electron chi connectivity index (χ0n) is 21.2. The molecule has 0 spiro atoms. The van der Waals surface area contributed by atoms with Crippen molar-refractivity contribution in [2.75, 3.05) is 6.61 Å². The fourth-order valence-corrected chi connectivity index (χ4v) is 4.28. The average molecular weight is 492 g/mol. The van der Waals surface area contributed by atoms with Crippen molar-refractivity contribution in [2.24, 2.45) is 11.8 Å². The summed E-state index contributed by atoms with van der Waals surface area (Å²) < 4.78 is 5.42. The summed E-state index contributed by atoms with van der Waals surface area (Å²) in [4.78, 5) is 20.9. The molecular weight excluding hydrogens is 450 g/mol. The first kappa shape index (κ1) is 30.4. The minimum atomic E-state index is -1.26. The molecule has 5 atom stereocenters. The molecule has 9 nitrogen and oxygen atoms in total. The van der Waals surface area contributed by atoms with Crippen LogP contribution in [-0.4, -0.2) is 40.1 Å². The Bertz CT molecular complexity index is 820. The van der Waals surface area contributed by atoms with Gasteiger partial charge in [-0.2, -0.15) is 0 Å². The average Bonchev–Trinajstić information content (AvgIpc) is 2.77. The number of allylic oxidation sites excluding steroid dienone is 4. The number of rotatable bonds is 17. The highest BCUT2D eigenvalue weighted by atomic mass is 16.6. The summed E-state index contributed by atoms with van der Waals surface area (Å²) in [6, 6.07) is -1.29. The molecule has 0 heterocycles. The molecule has 1 aliphatic rings. The summed E-state index contributed by atoms with van der Waals surface area (Å²) in [7, 11) is 0. The van der Waals surface area contributed by atoms with Crippen molar-refractivity contribution < 1.29 is 19.7 Å². The summed E-state index contributed by atoms with van der Waals surface area (Å²) in [6.45, 7) is 13.4. The highest BCUT2D eigenvalue weighted by molar-refractivity contribution is 5.13. The molecule has 1 aliphatic carbocycles. The van der Waals surface area contributed by atoms with E-state index in [4.69, 9.17) is 4.74 Å². The smallest absolute Gasteiger partial charge is 0.244 e. The third-order valence-electron chi connectivity index (χ3n) is 5.99. The van der Waals surface area contributed by atoms with Crippen molar-refractivity contribution in [3.05, 3.63) is 80.6 Å². The first-order chi connectivity index (χ1) is 16.5. The maximum absolute atomic E-state index is 11.4. The Kier molecular flexibility index (Phi) is 14.0. The molecule has 1 rings (SSSR count). The molecule has 0 aromatic heterocycles. The Morgan fingerprint density at radius 3 is 2.71 bits per heavy atom. The molecule has 196 valence electrons. The van der Waals surface area contributed by atoms with Crippen LogP contribution in [0, 0.1) is 32.1 Å². The summed E-state index contributed by atoms with van der Waals surface area (Å²) in [5.41, 5.74) is 1.83. The molecule has 0 fully saturated rings. The second-order valence-electron chi connectivity index (χ2n) is 9.37. The van der Waals surface area contributed by atoms with Gasteiger partial charge in [0.2, 0.25) is 18.7 Å². The standard InChI is InChI=1S/C26H41N3O6/c1-6-10-19(3)11-8-9-12-22-13-20(4)14-24(16-22)27-26(30)35-18-21(5)15-25(29(33)34)23(7-2)17-28(31)32/h6,8,11,16-17,19-20,24-27,30H,1,5,7,9-10,12-15,18H2,2-4H3/b11-8+,23-17+. The Morgan fingerprint density at radius 2 is 2.11 bits per heavy atom. The van der Waals surface area contributed by atoms with E-state index >= 15 is 0 Å². The monoisotopic (exact) mass is 491 g/mol. The zero-order valence-corrected chi connectivity index (χ0v) is 21.2. The van der Waals surface area contributed by atoms with Gasteiger partial charge >= 0.3 is 0 Å². The van der Waals surface area contributed by atoms with Gasteiger partial charge in [0, 0.05) is 17.4 Å². The van der Waals surface area contributed by atoms with Crippen LogP contribution >= 0.6 is 0 Å². The Morgan fingerprint density at radius 1 is 1.40 bits per heavy atom. The number of nitrogens with one attached hydrogen (secondary N) is 1. The zero-order chi connectivity index (χ0) is 26.4. The van der Waals surface area contributed by atoms with Gasteiger partial charge in [-0.1, -0.05) is 57.2 Å². The first-order valence-corrected chi connectivity index (χ1v) is 12.2. The van der Waals surface area contributed by atoms with E-state index in [2.05, 4.69) is 50.6 Å². The van der Waals surface area contributed by atoms with Crippen LogP contribution in [0.5, 0.6) is 0 Å². The van der Waals surface area contributed by atoms with Crippen molar-refractivity contribution in [3.8, 4) is 0 Å². The molecule has 0 aliphatic heterocycles. The van der Waals surface area contributed by atoms with Gasteiger partial charge in [-0.15, -0.1) is 6.58 Å². The van der Waals surface area contributed by atoms with Gasteiger partial charge in [0.15, 0.2) is 0 Å². The lowest BCUT2D eigenvalue weighted by molar-refractivity contribution is -0.514. The van der Waals surface area contributed by atoms with E-state index in [0.29, 0.717) is 23.6 Å². The third-order valence-corrected chi connectivity index (χ3v) is 5.99. The van der Waals surface area contributed by atoms with Gasteiger partial charge < -0.3 is 9.84 Å². The van der Waals surface area contributed by atoms with Crippen LogP contribution in [0.3, 0.4) is 0 Å². The Balaban J connectivity index is 2.58. The predicted molar refractivity (Wildman–Crippen MR) is 138 cm³/mol. The van der Waals surface area contributed by atoms with Gasteiger partial charge in [-0.25, -0.2) is 0 Å². The molecule has 2 N–H and O–H groups in total. The van der Waals surface area contributed by atoms with E-state index in [1.54, 1.807) is 6.92 Å². The van der Waals surface area contributed by atoms with Crippen molar-refractivity contribution in [1.29, 1.82) is 0 Å². The summed E-state index contributed by atoms with van der Waals surface area (Å²) in [6.07, 6.45) is 12.8. The molecule has 5 unspecified atom stereocenters. The van der Waals surface area contributed by atoms with Gasteiger partial charge in [-0.3, -0.25) is 25.5 Å². The second kappa shape index (κ2) is 16.1. The molecule has 35 heavy (non-hydrogen) atoms. The summed E-state index contributed by atoms with van der Waals surface area (Å²) in [5, 5.41) is 35.5. The summed E-state index contributed by atoms with van der Waals surface area (Å²) in [5.74, 6) is 0.960. The van der Waals surface area contributed by atoms with Gasteiger partial charge in [-0.05, 0) is 55.9 Å². The molecule has 0 bridgehead atoms. The number of hydrogen-bond donors (Lipinski definition) is 2. The molecule has 0 aromatic rings. The minimum absolute atomic E-state index is 0.0399. The van der Waals surface area contributed by atoms with E-state index in [1.165, 1.54) is 5.57 Å². The Hall–Kier alpha value is -2.62. The number of aliphatic hydroxyl groups is 1. The van der Waals surface area contributed by atoms with Gasteiger partial charge in [0.1, 0.15) is 0 Å². The maximum atomic E-state index is 11.4.